The number of carbonyl (C=O) groups is 3. The molecular formula is C12H12ClN3O3. The largest absolute Gasteiger partial charge is 0.369 e. The molecule has 0 aliphatic carbocycles. The molecule has 19 heavy (non-hydrogen) atoms. The molecule has 7 heteroatoms. The molecule has 100 valence electrons. The van der Waals surface area contributed by atoms with E-state index in [-0.39, 0.29) is 29.5 Å². The van der Waals surface area contributed by atoms with Crippen LogP contribution in [0.25, 0.3) is 0 Å². The third-order valence-electron chi connectivity index (χ3n) is 3.06. The first-order chi connectivity index (χ1) is 8.90. The second kappa shape index (κ2) is 4.89. The molecule has 1 aromatic rings. The third kappa shape index (κ3) is 2.53. The van der Waals surface area contributed by atoms with E-state index >= 15 is 0 Å². The fourth-order valence-electron chi connectivity index (χ4n) is 2.02. The van der Waals surface area contributed by atoms with Gasteiger partial charge in [-0.3, -0.25) is 14.4 Å². The maximum atomic E-state index is 11.8. The minimum atomic E-state index is -0.640. The second-order valence-electron chi connectivity index (χ2n) is 4.34. The highest BCUT2D eigenvalue weighted by Gasteiger charge is 2.34. The normalized spacial score (nSPS) is 18.7. The molecule has 1 aromatic carbocycles. The van der Waals surface area contributed by atoms with Gasteiger partial charge in [-0.25, -0.2) is 0 Å². The van der Waals surface area contributed by atoms with Gasteiger partial charge in [-0.15, -0.1) is 0 Å². The molecule has 0 saturated carbocycles. The lowest BCUT2D eigenvalue weighted by molar-refractivity contribution is -0.123. The average molecular weight is 282 g/mol. The summed E-state index contributed by atoms with van der Waals surface area (Å²) in [4.78, 5) is 35.4. The summed E-state index contributed by atoms with van der Waals surface area (Å²) in [7, 11) is 0. The van der Waals surface area contributed by atoms with Crippen LogP contribution in [0.4, 0.5) is 5.69 Å². The Hall–Kier alpha value is -2.08. The Morgan fingerprint density at radius 1 is 1.32 bits per heavy atom. The highest BCUT2D eigenvalue weighted by molar-refractivity contribution is 6.34. The number of hydrogen-bond donors (Lipinski definition) is 2. The first-order valence-corrected chi connectivity index (χ1v) is 5.97. The Balaban J connectivity index is 2.28. The van der Waals surface area contributed by atoms with Crippen molar-refractivity contribution in [3.63, 3.8) is 0 Å². The van der Waals surface area contributed by atoms with E-state index in [1.165, 1.54) is 17.0 Å². The van der Waals surface area contributed by atoms with Gasteiger partial charge in [0, 0.05) is 18.7 Å². The number of benzene rings is 1. The van der Waals surface area contributed by atoms with Gasteiger partial charge < -0.3 is 16.4 Å². The van der Waals surface area contributed by atoms with Crippen molar-refractivity contribution in [2.75, 3.05) is 11.4 Å². The minimum Gasteiger partial charge on any atom is -0.369 e. The van der Waals surface area contributed by atoms with E-state index in [2.05, 4.69) is 0 Å². The van der Waals surface area contributed by atoms with Crippen molar-refractivity contribution in [2.45, 2.75) is 6.42 Å². The summed E-state index contributed by atoms with van der Waals surface area (Å²) in [5.41, 5.74) is 11.0. The number of hydrogen-bond acceptors (Lipinski definition) is 3. The Morgan fingerprint density at radius 3 is 2.47 bits per heavy atom. The number of rotatable bonds is 3. The number of anilines is 1. The quantitative estimate of drug-likeness (QED) is 0.831. The maximum Gasteiger partial charge on any atom is 0.250 e. The fraction of sp³-hybridized carbons (Fsp3) is 0.250. The summed E-state index contributed by atoms with van der Waals surface area (Å²) < 4.78 is 0. The van der Waals surface area contributed by atoms with Gasteiger partial charge in [0.1, 0.15) is 0 Å². The lowest BCUT2D eigenvalue weighted by Crippen LogP contribution is -2.28. The Labute approximate surface area is 114 Å². The van der Waals surface area contributed by atoms with Crippen LogP contribution in [-0.2, 0) is 9.59 Å². The van der Waals surface area contributed by atoms with Gasteiger partial charge in [0.05, 0.1) is 16.5 Å². The van der Waals surface area contributed by atoms with Crippen molar-refractivity contribution in [1.29, 1.82) is 0 Å². The Morgan fingerprint density at radius 2 is 2.00 bits per heavy atom. The molecule has 1 aliphatic heterocycles. The molecule has 0 unspecified atom stereocenters. The zero-order valence-electron chi connectivity index (χ0n) is 9.93. The molecule has 1 saturated heterocycles. The summed E-state index contributed by atoms with van der Waals surface area (Å²) in [5.74, 6) is -1.84. The number of carbonyl (C=O) groups excluding carboxylic acids is 3. The van der Waals surface area contributed by atoms with Crippen molar-refractivity contribution in [3.8, 4) is 0 Å². The smallest absolute Gasteiger partial charge is 0.250 e. The van der Waals surface area contributed by atoms with Crippen LogP contribution in [0.15, 0.2) is 18.2 Å². The van der Waals surface area contributed by atoms with E-state index in [9.17, 15) is 14.4 Å². The van der Waals surface area contributed by atoms with E-state index in [1.54, 1.807) is 6.07 Å². The third-order valence-corrected chi connectivity index (χ3v) is 3.37. The molecule has 1 heterocycles. The van der Waals surface area contributed by atoms with Gasteiger partial charge in [-0.1, -0.05) is 11.6 Å². The molecule has 4 N–H and O–H groups in total. The monoisotopic (exact) mass is 281 g/mol. The first-order valence-electron chi connectivity index (χ1n) is 5.59. The van der Waals surface area contributed by atoms with Crippen LogP contribution in [0.2, 0.25) is 5.02 Å². The van der Waals surface area contributed by atoms with Crippen LogP contribution >= 0.6 is 11.6 Å². The SMILES string of the molecule is NC(=O)c1ccc(N2C[C@H](C(N)=O)CC2=O)cc1Cl. The minimum absolute atomic E-state index is 0.0878. The van der Waals surface area contributed by atoms with Crippen LogP contribution in [0.1, 0.15) is 16.8 Å². The van der Waals surface area contributed by atoms with Gasteiger partial charge in [0.15, 0.2) is 0 Å². The molecule has 0 bridgehead atoms. The molecule has 1 aliphatic rings. The Bertz CT molecular complexity index is 573. The predicted octanol–water partition coefficient (Wildman–Crippen LogP) is 0.277. The van der Waals surface area contributed by atoms with Gasteiger partial charge >= 0.3 is 0 Å². The highest BCUT2D eigenvalue weighted by Crippen LogP contribution is 2.28. The number of primary amides is 2. The maximum absolute atomic E-state index is 11.8. The summed E-state index contributed by atoms with van der Waals surface area (Å²) in [5, 5.41) is 0.167. The zero-order chi connectivity index (χ0) is 14.2. The van der Waals surface area contributed by atoms with Crippen LogP contribution < -0.4 is 16.4 Å². The lowest BCUT2D eigenvalue weighted by Gasteiger charge is -2.17. The van der Waals surface area contributed by atoms with Crippen LogP contribution in [0.5, 0.6) is 0 Å². The van der Waals surface area contributed by atoms with Crippen LogP contribution in [0.3, 0.4) is 0 Å². The number of halogens is 1. The number of nitrogens with two attached hydrogens (primary N) is 2. The highest BCUT2D eigenvalue weighted by atomic mass is 35.5. The van der Waals surface area contributed by atoms with Crippen molar-refractivity contribution in [3.05, 3.63) is 28.8 Å². The van der Waals surface area contributed by atoms with E-state index in [4.69, 9.17) is 23.1 Å². The summed E-state index contributed by atoms with van der Waals surface area (Å²) in [6.45, 7) is 0.223. The zero-order valence-corrected chi connectivity index (χ0v) is 10.7. The Kier molecular flexibility index (Phi) is 3.44. The molecule has 0 radical (unpaired) electrons. The van der Waals surface area contributed by atoms with Gasteiger partial charge in [0.25, 0.3) is 0 Å². The van der Waals surface area contributed by atoms with Crippen LogP contribution in [0, 0.1) is 5.92 Å². The average Bonchev–Trinajstić information content (AvgIpc) is 2.71. The van der Waals surface area contributed by atoms with E-state index < -0.39 is 17.7 Å². The fourth-order valence-corrected chi connectivity index (χ4v) is 2.29. The molecular weight excluding hydrogens is 270 g/mol. The summed E-state index contributed by atoms with van der Waals surface area (Å²) in [6.07, 6.45) is 0.0878. The van der Waals surface area contributed by atoms with Crippen molar-refractivity contribution >= 4 is 35.0 Å². The second-order valence-corrected chi connectivity index (χ2v) is 4.74. The first kappa shape index (κ1) is 13.4. The number of amides is 3. The van der Waals surface area contributed by atoms with Gasteiger partial charge in [0.2, 0.25) is 17.7 Å². The van der Waals surface area contributed by atoms with Crippen molar-refractivity contribution in [2.24, 2.45) is 17.4 Å². The van der Waals surface area contributed by atoms with E-state index in [0.29, 0.717) is 5.69 Å². The summed E-state index contributed by atoms with van der Waals surface area (Å²) in [6, 6.07) is 4.49. The lowest BCUT2D eigenvalue weighted by atomic mass is 10.1. The molecule has 2 rings (SSSR count). The topological polar surface area (TPSA) is 106 Å². The van der Waals surface area contributed by atoms with Crippen molar-refractivity contribution in [1.82, 2.24) is 0 Å². The molecule has 1 atom stereocenters. The van der Waals surface area contributed by atoms with Gasteiger partial charge in [-0.05, 0) is 18.2 Å². The summed E-state index contributed by atoms with van der Waals surface area (Å²) >= 11 is 5.92. The van der Waals surface area contributed by atoms with E-state index in [1.807, 2.05) is 0 Å². The van der Waals surface area contributed by atoms with Crippen LogP contribution in [-0.4, -0.2) is 24.3 Å². The van der Waals surface area contributed by atoms with Gasteiger partial charge in [-0.2, -0.15) is 0 Å². The molecule has 0 spiro atoms. The molecule has 6 nitrogen and oxygen atoms in total. The molecule has 3 amide bonds. The number of nitrogens with zero attached hydrogens (tertiary/aromatic N) is 1. The molecule has 0 aromatic heterocycles. The standard InChI is InChI=1S/C12H12ClN3O3/c13-9-4-7(1-2-8(9)12(15)19)16-5-6(11(14)18)3-10(16)17/h1-2,4,6H,3,5H2,(H2,14,18)(H2,15,19)/t6-/m1/s1. The predicted molar refractivity (Wildman–Crippen MR) is 69.6 cm³/mol. The van der Waals surface area contributed by atoms with Crippen molar-refractivity contribution < 1.29 is 14.4 Å². The van der Waals surface area contributed by atoms with E-state index in [0.717, 1.165) is 0 Å². The molecule has 1 fully saturated rings.